The molecule has 1 aliphatic heterocycles. The topological polar surface area (TPSA) is 35.5 Å². The molecule has 1 aromatic rings. The average Bonchev–Trinajstić information content (AvgIpc) is 2.77. The lowest BCUT2D eigenvalue weighted by atomic mass is 10.0. The van der Waals surface area contributed by atoms with Crippen LogP contribution in [0.25, 0.3) is 0 Å². The number of hydrogen-bond donors (Lipinski definition) is 2. The van der Waals surface area contributed by atoms with Crippen molar-refractivity contribution in [3.8, 4) is 0 Å². The molecule has 0 bridgehead atoms. The van der Waals surface area contributed by atoms with Crippen LogP contribution in [0.3, 0.4) is 0 Å². The van der Waals surface area contributed by atoms with Gasteiger partial charge >= 0.3 is 0 Å². The fourth-order valence-electron chi connectivity index (χ4n) is 2.93. The first-order valence-corrected chi connectivity index (χ1v) is 8.11. The molecule has 2 N–H and O–H groups in total. The van der Waals surface area contributed by atoms with Crippen molar-refractivity contribution in [3.05, 3.63) is 28.8 Å². The summed E-state index contributed by atoms with van der Waals surface area (Å²) in [4.78, 5) is 2.32. The van der Waals surface area contributed by atoms with E-state index in [9.17, 15) is 5.11 Å². The van der Waals surface area contributed by atoms with Gasteiger partial charge in [-0.3, -0.25) is 0 Å². The Labute approximate surface area is 133 Å². The molecule has 21 heavy (non-hydrogen) atoms. The molecular weight excluding hydrogens is 284 g/mol. The molecule has 0 radical (unpaired) electrons. The first-order chi connectivity index (χ1) is 9.83. The molecule has 1 fully saturated rings. The Kier molecular flexibility index (Phi) is 5.18. The van der Waals surface area contributed by atoms with Crippen LogP contribution in [-0.2, 0) is 6.54 Å². The van der Waals surface area contributed by atoms with E-state index in [1.54, 1.807) is 0 Å². The number of rotatable bonds is 4. The standard InChI is InChI=1S/C17H27ClN2O/c1-12-8-9-20(16(12)11-21)15-7-5-6-14(18)13(15)10-19-17(2,3)4/h5-7,12,16,19,21H,8-11H2,1-4H3. The normalized spacial score (nSPS) is 22.9. The highest BCUT2D eigenvalue weighted by molar-refractivity contribution is 6.31. The molecule has 0 amide bonds. The number of aliphatic hydroxyl groups excluding tert-OH is 1. The minimum Gasteiger partial charge on any atom is -0.394 e. The molecule has 0 spiro atoms. The zero-order chi connectivity index (χ0) is 15.6. The molecule has 1 heterocycles. The van der Waals surface area contributed by atoms with Crippen LogP contribution in [0.2, 0.25) is 5.02 Å². The predicted molar refractivity (Wildman–Crippen MR) is 90.0 cm³/mol. The molecule has 2 unspecified atom stereocenters. The largest absolute Gasteiger partial charge is 0.394 e. The average molecular weight is 311 g/mol. The monoisotopic (exact) mass is 310 g/mol. The lowest BCUT2D eigenvalue weighted by Crippen LogP contribution is -2.38. The van der Waals surface area contributed by atoms with Gasteiger partial charge in [-0.1, -0.05) is 24.6 Å². The van der Waals surface area contributed by atoms with Crippen LogP contribution in [0.1, 0.15) is 39.7 Å². The molecule has 3 nitrogen and oxygen atoms in total. The molecule has 1 saturated heterocycles. The minimum absolute atomic E-state index is 0.0467. The lowest BCUT2D eigenvalue weighted by Gasteiger charge is -2.31. The van der Waals surface area contributed by atoms with E-state index in [0.29, 0.717) is 5.92 Å². The number of benzene rings is 1. The first kappa shape index (κ1) is 16.6. The van der Waals surface area contributed by atoms with Crippen molar-refractivity contribution in [1.29, 1.82) is 0 Å². The third-order valence-corrected chi connectivity index (χ3v) is 4.62. The SMILES string of the molecule is CC1CCN(c2cccc(Cl)c2CNC(C)(C)C)C1CO. The highest BCUT2D eigenvalue weighted by Gasteiger charge is 2.32. The zero-order valence-corrected chi connectivity index (χ0v) is 14.2. The van der Waals surface area contributed by atoms with E-state index >= 15 is 0 Å². The minimum atomic E-state index is 0.0467. The zero-order valence-electron chi connectivity index (χ0n) is 13.5. The van der Waals surface area contributed by atoms with Crippen molar-refractivity contribution in [1.82, 2.24) is 5.32 Å². The maximum atomic E-state index is 9.70. The van der Waals surface area contributed by atoms with Gasteiger partial charge in [0.15, 0.2) is 0 Å². The third-order valence-electron chi connectivity index (χ3n) is 4.27. The summed E-state index contributed by atoms with van der Waals surface area (Å²) in [5, 5.41) is 14.0. The van der Waals surface area contributed by atoms with Crippen LogP contribution in [-0.4, -0.2) is 29.8 Å². The second-order valence-corrected chi connectivity index (χ2v) is 7.46. The molecular formula is C17H27ClN2O. The number of aliphatic hydroxyl groups is 1. The fraction of sp³-hybridized carbons (Fsp3) is 0.647. The smallest absolute Gasteiger partial charge is 0.0637 e. The number of halogens is 1. The van der Waals surface area contributed by atoms with Crippen molar-refractivity contribution < 1.29 is 5.11 Å². The van der Waals surface area contributed by atoms with Crippen molar-refractivity contribution in [2.75, 3.05) is 18.1 Å². The van der Waals surface area contributed by atoms with E-state index in [2.05, 4.69) is 44.0 Å². The van der Waals surface area contributed by atoms with Gasteiger partial charge in [-0.2, -0.15) is 0 Å². The van der Waals surface area contributed by atoms with E-state index in [0.717, 1.165) is 35.8 Å². The molecule has 0 saturated carbocycles. The quantitative estimate of drug-likeness (QED) is 0.894. The van der Waals surface area contributed by atoms with Crippen LogP contribution < -0.4 is 10.2 Å². The second kappa shape index (κ2) is 6.55. The molecule has 2 rings (SSSR count). The maximum absolute atomic E-state index is 9.70. The van der Waals surface area contributed by atoms with Gasteiger partial charge in [0.25, 0.3) is 0 Å². The summed E-state index contributed by atoms with van der Waals surface area (Å²) in [6.07, 6.45) is 1.11. The summed E-state index contributed by atoms with van der Waals surface area (Å²) in [5.74, 6) is 0.511. The van der Waals surface area contributed by atoms with Gasteiger partial charge in [0.2, 0.25) is 0 Å². The molecule has 4 heteroatoms. The summed E-state index contributed by atoms with van der Waals surface area (Å²) < 4.78 is 0. The van der Waals surface area contributed by atoms with Gasteiger partial charge < -0.3 is 15.3 Å². The summed E-state index contributed by atoms with van der Waals surface area (Å²) in [7, 11) is 0. The Morgan fingerprint density at radius 1 is 1.38 bits per heavy atom. The van der Waals surface area contributed by atoms with Crippen molar-refractivity contribution in [3.63, 3.8) is 0 Å². The van der Waals surface area contributed by atoms with Gasteiger partial charge in [-0.15, -0.1) is 0 Å². The Balaban J connectivity index is 2.29. The van der Waals surface area contributed by atoms with Crippen LogP contribution in [0.15, 0.2) is 18.2 Å². The van der Waals surface area contributed by atoms with Crippen LogP contribution in [0, 0.1) is 5.92 Å². The summed E-state index contributed by atoms with van der Waals surface area (Å²) in [6.45, 7) is 10.6. The highest BCUT2D eigenvalue weighted by Crippen LogP contribution is 2.35. The van der Waals surface area contributed by atoms with E-state index in [1.165, 1.54) is 0 Å². The molecule has 1 aliphatic rings. The van der Waals surface area contributed by atoms with Crippen molar-refractivity contribution >= 4 is 17.3 Å². The second-order valence-electron chi connectivity index (χ2n) is 7.05. The van der Waals surface area contributed by atoms with Crippen molar-refractivity contribution in [2.45, 2.75) is 52.2 Å². The van der Waals surface area contributed by atoms with Crippen molar-refractivity contribution in [2.24, 2.45) is 5.92 Å². The lowest BCUT2D eigenvalue weighted by molar-refractivity contribution is 0.244. The van der Waals surface area contributed by atoms with Gasteiger partial charge in [-0.05, 0) is 45.2 Å². The van der Waals surface area contributed by atoms with Gasteiger partial charge in [0, 0.05) is 34.9 Å². The third kappa shape index (κ3) is 3.91. The summed E-state index contributed by atoms with van der Waals surface area (Å²) in [5.41, 5.74) is 2.33. The fourth-order valence-corrected chi connectivity index (χ4v) is 3.17. The summed E-state index contributed by atoms with van der Waals surface area (Å²) >= 11 is 6.43. The maximum Gasteiger partial charge on any atom is 0.0637 e. The van der Waals surface area contributed by atoms with Gasteiger partial charge in [0.1, 0.15) is 0 Å². The number of hydrogen-bond acceptors (Lipinski definition) is 3. The molecule has 0 aromatic heterocycles. The summed E-state index contributed by atoms with van der Waals surface area (Å²) in [6, 6.07) is 6.25. The van der Waals surface area contributed by atoms with Crippen LogP contribution >= 0.6 is 11.6 Å². The number of nitrogens with zero attached hydrogens (tertiary/aromatic N) is 1. The van der Waals surface area contributed by atoms with Crippen LogP contribution in [0.4, 0.5) is 5.69 Å². The molecule has 2 atom stereocenters. The Bertz CT molecular complexity index is 484. The van der Waals surface area contributed by atoms with Gasteiger partial charge in [-0.25, -0.2) is 0 Å². The molecule has 118 valence electrons. The predicted octanol–water partition coefficient (Wildman–Crippen LogP) is 3.44. The Morgan fingerprint density at radius 3 is 2.71 bits per heavy atom. The van der Waals surface area contributed by atoms with Gasteiger partial charge in [0.05, 0.1) is 12.6 Å². The number of nitrogens with one attached hydrogen (secondary N) is 1. The molecule has 0 aliphatic carbocycles. The van der Waals surface area contributed by atoms with E-state index in [-0.39, 0.29) is 18.2 Å². The van der Waals surface area contributed by atoms with Crippen LogP contribution in [0.5, 0.6) is 0 Å². The van der Waals surface area contributed by atoms with E-state index in [4.69, 9.17) is 11.6 Å². The Hall–Kier alpha value is -0.770. The number of anilines is 1. The van der Waals surface area contributed by atoms with E-state index in [1.807, 2.05) is 12.1 Å². The first-order valence-electron chi connectivity index (χ1n) is 7.73. The molecule has 1 aromatic carbocycles. The van der Waals surface area contributed by atoms with E-state index < -0.39 is 0 Å². The Morgan fingerprint density at radius 2 is 2.10 bits per heavy atom. The highest BCUT2D eigenvalue weighted by atomic mass is 35.5.